The molecule has 0 radical (unpaired) electrons. The first-order chi connectivity index (χ1) is 13.1. The topological polar surface area (TPSA) is 41.6 Å². The Hall–Kier alpha value is -2.85. The maximum absolute atomic E-state index is 12.2. The molecule has 0 fully saturated rings. The predicted molar refractivity (Wildman–Crippen MR) is 110 cm³/mol. The first-order valence-electron chi connectivity index (χ1n) is 9.20. The number of benzene rings is 3. The van der Waals surface area contributed by atoms with Crippen molar-refractivity contribution in [3.05, 3.63) is 78.4 Å². The molecular formula is C23H26N2O2. The molecule has 0 aliphatic rings. The van der Waals surface area contributed by atoms with E-state index < -0.39 is 0 Å². The quantitative estimate of drug-likeness (QED) is 0.667. The van der Waals surface area contributed by atoms with Gasteiger partial charge in [-0.2, -0.15) is 0 Å². The minimum atomic E-state index is -0.108. The van der Waals surface area contributed by atoms with Crippen LogP contribution in [-0.4, -0.2) is 44.1 Å². The van der Waals surface area contributed by atoms with E-state index in [0.717, 1.165) is 17.2 Å². The Morgan fingerprint density at radius 1 is 0.963 bits per heavy atom. The molecule has 4 heteroatoms. The van der Waals surface area contributed by atoms with Gasteiger partial charge in [0.25, 0.3) is 5.91 Å². The molecule has 140 valence electrons. The van der Waals surface area contributed by atoms with Gasteiger partial charge in [0.2, 0.25) is 0 Å². The fourth-order valence-corrected chi connectivity index (χ4v) is 3.01. The number of ether oxygens (including phenoxy) is 1. The minimum Gasteiger partial charge on any atom is -0.484 e. The normalized spacial score (nSPS) is 12.1. The van der Waals surface area contributed by atoms with E-state index in [4.69, 9.17) is 4.74 Å². The van der Waals surface area contributed by atoms with Crippen LogP contribution in [0.15, 0.2) is 72.8 Å². The van der Waals surface area contributed by atoms with Crippen LogP contribution in [0.5, 0.6) is 5.75 Å². The number of hydrogen-bond donors (Lipinski definition) is 1. The number of rotatable bonds is 8. The van der Waals surface area contributed by atoms with Gasteiger partial charge in [0.1, 0.15) is 5.75 Å². The van der Waals surface area contributed by atoms with Crippen LogP contribution in [0.4, 0.5) is 0 Å². The minimum absolute atomic E-state index is 0.0177. The maximum atomic E-state index is 12.2. The molecule has 0 aliphatic heterocycles. The Bertz CT molecular complexity index is 878. The van der Waals surface area contributed by atoms with Gasteiger partial charge in [0, 0.05) is 12.6 Å². The van der Waals surface area contributed by atoms with Crippen LogP contribution in [0.1, 0.15) is 5.56 Å². The highest BCUT2D eigenvalue weighted by atomic mass is 16.5. The number of fused-ring (bicyclic) bond motifs is 1. The highest BCUT2D eigenvalue weighted by Gasteiger charge is 2.14. The first kappa shape index (κ1) is 18.9. The summed E-state index contributed by atoms with van der Waals surface area (Å²) in [5.74, 6) is 0.598. The van der Waals surface area contributed by atoms with Crippen molar-refractivity contribution in [1.29, 1.82) is 0 Å². The number of likely N-dealkylation sites (N-methyl/N-ethyl adjacent to an activating group) is 1. The molecule has 0 heterocycles. The van der Waals surface area contributed by atoms with Gasteiger partial charge in [-0.3, -0.25) is 4.79 Å². The summed E-state index contributed by atoms with van der Waals surface area (Å²) in [6.07, 6.45) is 0.889. The van der Waals surface area contributed by atoms with Gasteiger partial charge in [0.15, 0.2) is 6.61 Å². The lowest BCUT2D eigenvalue weighted by Crippen LogP contribution is -2.42. The highest BCUT2D eigenvalue weighted by molar-refractivity contribution is 5.84. The molecule has 3 aromatic rings. The predicted octanol–water partition coefficient (Wildman–Crippen LogP) is 3.51. The smallest absolute Gasteiger partial charge is 0.257 e. The summed E-state index contributed by atoms with van der Waals surface area (Å²) in [5, 5.41) is 5.25. The van der Waals surface area contributed by atoms with Crippen molar-refractivity contribution in [3.8, 4) is 5.75 Å². The lowest BCUT2D eigenvalue weighted by Gasteiger charge is -2.24. The van der Waals surface area contributed by atoms with Crippen molar-refractivity contribution in [3.63, 3.8) is 0 Å². The second-order valence-electron chi connectivity index (χ2n) is 6.91. The summed E-state index contributed by atoms with van der Waals surface area (Å²) in [6.45, 7) is 0.603. The molecule has 27 heavy (non-hydrogen) atoms. The third-order valence-electron chi connectivity index (χ3n) is 4.67. The Morgan fingerprint density at radius 3 is 2.41 bits per heavy atom. The fraction of sp³-hybridized carbons (Fsp3) is 0.261. The second kappa shape index (κ2) is 9.19. The molecule has 0 aliphatic carbocycles. The molecule has 1 atom stereocenters. The largest absolute Gasteiger partial charge is 0.484 e. The summed E-state index contributed by atoms with van der Waals surface area (Å²) in [5.41, 5.74) is 1.26. The summed E-state index contributed by atoms with van der Waals surface area (Å²) >= 11 is 0. The summed E-state index contributed by atoms with van der Waals surface area (Å²) in [7, 11) is 4.07. The Morgan fingerprint density at radius 2 is 1.67 bits per heavy atom. The molecule has 0 saturated carbocycles. The van der Waals surface area contributed by atoms with Crippen molar-refractivity contribution in [2.45, 2.75) is 12.5 Å². The molecular weight excluding hydrogens is 336 g/mol. The van der Waals surface area contributed by atoms with Crippen LogP contribution in [0, 0.1) is 0 Å². The molecule has 3 rings (SSSR count). The van der Waals surface area contributed by atoms with Crippen LogP contribution in [0.2, 0.25) is 0 Å². The lowest BCUT2D eigenvalue weighted by molar-refractivity contribution is -0.123. The second-order valence-corrected chi connectivity index (χ2v) is 6.91. The number of hydrogen-bond acceptors (Lipinski definition) is 3. The molecule has 1 N–H and O–H groups in total. The van der Waals surface area contributed by atoms with Crippen LogP contribution < -0.4 is 10.1 Å². The summed E-state index contributed by atoms with van der Waals surface area (Å²) < 4.78 is 5.66. The molecule has 0 aromatic heterocycles. The SMILES string of the molecule is CN(C)[C@H](CNC(=O)COc1ccc2ccccc2c1)Cc1ccccc1. The maximum Gasteiger partial charge on any atom is 0.257 e. The summed E-state index contributed by atoms with van der Waals surface area (Å²) in [4.78, 5) is 14.3. The van der Waals surface area contributed by atoms with E-state index in [1.807, 2.05) is 68.7 Å². The molecule has 0 unspecified atom stereocenters. The third kappa shape index (κ3) is 5.56. The van der Waals surface area contributed by atoms with Crippen LogP contribution >= 0.6 is 0 Å². The van der Waals surface area contributed by atoms with E-state index in [0.29, 0.717) is 12.3 Å². The average Bonchev–Trinajstić information content (AvgIpc) is 2.70. The molecule has 0 bridgehead atoms. The van der Waals surface area contributed by atoms with E-state index in [9.17, 15) is 4.79 Å². The van der Waals surface area contributed by atoms with E-state index >= 15 is 0 Å². The lowest BCUT2D eigenvalue weighted by atomic mass is 10.1. The fourth-order valence-electron chi connectivity index (χ4n) is 3.01. The van der Waals surface area contributed by atoms with Gasteiger partial charge in [-0.1, -0.05) is 60.7 Å². The van der Waals surface area contributed by atoms with Crippen LogP contribution in [0.3, 0.4) is 0 Å². The molecule has 0 spiro atoms. The number of carbonyl (C=O) groups excluding carboxylic acids is 1. The first-order valence-corrected chi connectivity index (χ1v) is 9.20. The van der Waals surface area contributed by atoms with Crippen molar-refractivity contribution in [1.82, 2.24) is 10.2 Å². The standard InChI is InChI=1S/C23H26N2O2/c1-25(2)21(14-18-8-4-3-5-9-18)16-24-23(26)17-27-22-13-12-19-10-6-7-11-20(19)15-22/h3-13,15,21H,14,16-17H2,1-2H3,(H,24,26)/t21-/m0/s1. The number of amides is 1. The third-order valence-corrected chi connectivity index (χ3v) is 4.67. The summed E-state index contributed by atoms with van der Waals surface area (Å²) in [6, 6.07) is 24.5. The van der Waals surface area contributed by atoms with Gasteiger partial charge in [-0.25, -0.2) is 0 Å². The zero-order chi connectivity index (χ0) is 19.1. The Labute approximate surface area is 160 Å². The van der Waals surface area contributed by atoms with Crippen molar-refractivity contribution >= 4 is 16.7 Å². The molecule has 1 amide bonds. The van der Waals surface area contributed by atoms with Crippen LogP contribution in [-0.2, 0) is 11.2 Å². The van der Waals surface area contributed by atoms with E-state index in [1.54, 1.807) is 0 Å². The molecule has 3 aromatic carbocycles. The van der Waals surface area contributed by atoms with Gasteiger partial charge in [-0.05, 0) is 49.0 Å². The van der Waals surface area contributed by atoms with Crippen molar-refractivity contribution in [2.24, 2.45) is 0 Å². The van der Waals surface area contributed by atoms with Crippen molar-refractivity contribution < 1.29 is 9.53 Å². The average molecular weight is 362 g/mol. The molecule has 0 saturated heterocycles. The number of carbonyl (C=O) groups is 1. The number of nitrogens with one attached hydrogen (secondary N) is 1. The van der Waals surface area contributed by atoms with Crippen molar-refractivity contribution in [2.75, 3.05) is 27.2 Å². The Balaban J connectivity index is 1.50. The Kier molecular flexibility index (Phi) is 6.44. The zero-order valence-electron chi connectivity index (χ0n) is 15.9. The van der Waals surface area contributed by atoms with Gasteiger partial charge >= 0.3 is 0 Å². The van der Waals surface area contributed by atoms with Gasteiger partial charge in [-0.15, -0.1) is 0 Å². The van der Waals surface area contributed by atoms with E-state index in [-0.39, 0.29) is 18.6 Å². The highest BCUT2D eigenvalue weighted by Crippen LogP contribution is 2.20. The molecule has 4 nitrogen and oxygen atoms in total. The monoisotopic (exact) mass is 362 g/mol. The van der Waals surface area contributed by atoms with Gasteiger partial charge in [0.05, 0.1) is 0 Å². The van der Waals surface area contributed by atoms with E-state index in [1.165, 1.54) is 5.56 Å². The number of nitrogens with zero attached hydrogens (tertiary/aromatic N) is 1. The van der Waals surface area contributed by atoms with Crippen LogP contribution in [0.25, 0.3) is 10.8 Å². The van der Waals surface area contributed by atoms with Gasteiger partial charge < -0.3 is 15.0 Å². The van der Waals surface area contributed by atoms with E-state index in [2.05, 4.69) is 28.4 Å². The zero-order valence-corrected chi connectivity index (χ0v) is 15.9.